The molecule has 0 fully saturated rings. The van der Waals surface area contributed by atoms with Crippen LogP contribution in [0.1, 0.15) is 17.2 Å². The maximum atomic E-state index is 14.0. The first kappa shape index (κ1) is 14.3. The first-order valence-corrected chi connectivity index (χ1v) is 7.47. The molecule has 6 heteroatoms. The molecule has 0 amide bonds. The van der Waals surface area contributed by atoms with Gasteiger partial charge in [-0.15, -0.1) is 11.3 Å². The maximum absolute atomic E-state index is 14.0. The first-order chi connectivity index (χ1) is 8.54. The average Bonchev–Trinajstić information content (AvgIpc) is 2.63. The molecule has 1 unspecified atom stereocenters. The van der Waals surface area contributed by atoms with Gasteiger partial charge in [0.25, 0.3) is 0 Å². The van der Waals surface area contributed by atoms with Crippen molar-refractivity contribution < 1.29 is 4.39 Å². The second-order valence-corrected chi connectivity index (χ2v) is 6.78. The molecular weight excluding hydrogens is 360 g/mol. The molecule has 2 aromatic rings. The lowest BCUT2D eigenvalue weighted by molar-refractivity contribution is 0.574. The number of hydrogen-bond donors (Lipinski definition) is 1. The van der Waals surface area contributed by atoms with Crippen LogP contribution in [0.4, 0.5) is 4.39 Å². The van der Waals surface area contributed by atoms with E-state index in [-0.39, 0.29) is 11.9 Å². The van der Waals surface area contributed by atoms with Gasteiger partial charge in [0.15, 0.2) is 0 Å². The van der Waals surface area contributed by atoms with E-state index in [1.165, 1.54) is 17.4 Å². The average molecular weight is 369 g/mol. The van der Waals surface area contributed by atoms with Crippen molar-refractivity contribution in [1.29, 1.82) is 0 Å². The van der Waals surface area contributed by atoms with Crippen molar-refractivity contribution in [2.75, 3.05) is 7.05 Å². The normalized spacial score (nSPS) is 12.7. The predicted molar refractivity (Wildman–Crippen MR) is 79.3 cm³/mol. The van der Waals surface area contributed by atoms with E-state index < -0.39 is 0 Å². The number of halogens is 4. The number of thiophene rings is 1. The van der Waals surface area contributed by atoms with Crippen molar-refractivity contribution in [2.24, 2.45) is 0 Å². The van der Waals surface area contributed by atoms with Crippen LogP contribution < -0.4 is 5.32 Å². The minimum atomic E-state index is -0.336. The summed E-state index contributed by atoms with van der Waals surface area (Å²) in [4.78, 5) is 0. The summed E-state index contributed by atoms with van der Waals surface area (Å²) in [6.45, 7) is 0. The van der Waals surface area contributed by atoms with Gasteiger partial charge in [-0.2, -0.15) is 0 Å². The highest BCUT2D eigenvalue weighted by molar-refractivity contribution is 9.10. The summed E-state index contributed by atoms with van der Waals surface area (Å²) in [6.07, 6.45) is 0. The van der Waals surface area contributed by atoms with Gasteiger partial charge in [-0.3, -0.25) is 0 Å². The summed E-state index contributed by atoms with van der Waals surface area (Å²) in [7, 11) is 1.76. The van der Waals surface area contributed by atoms with Crippen LogP contribution >= 0.6 is 50.5 Å². The van der Waals surface area contributed by atoms with Crippen molar-refractivity contribution in [1.82, 2.24) is 5.32 Å². The van der Waals surface area contributed by atoms with Crippen LogP contribution in [-0.2, 0) is 0 Å². The van der Waals surface area contributed by atoms with Gasteiger partial charge < -0.3 is 5.32 Å². The van der Waals surface area contributed by atoms with E-state index in [4.69, 9.17) is 23.2 Å². The third-order valence-corrected chi connectivity index (χ3v) is 4.78. The van der Waals surface area contributed by atoms with E-state index >= 15 is 0 Å². The standard InChI is InChI=1S/C12H9BrCl2FNS/c1-17-11(6-5-9(14)18-12(6)15)10-7(13)3-2-4-8(10)16/h2-5,11,17H,1H3. The topological polar surface area (TPSA) is 12.0 Å². The van der Waals surface area contributed by atoms with Crippen molar-refractivity contribution in [3.8, 4) is 0 Å². The van der Waals surface area contributed by atoms with Gasteiger partial charge in [-0.25, -0.2) is 4.39 Å². The zero-order valence-corrected chi connectivity index (χ0v) is 13.2. The molecule has 0 aliphatic carbocycles. The zero-order valence-electron chi connectivity index (χ0n) is 9.31. The molecule has 0 bridgehead atoms. The lowest BCUT2D eigenvalue weighted by Crippen LogP contribution is -2.19. The molecule has 0 aliphatic heterocycles. The summed E-state index contributed by atoms with van der Waals surface area (Å²) >= 11 is 16.7. The van der Waals surface area contributed by atoms with Gasteiger partial charge >= 0.3 is 0 Å². The molecule has 0 spiro atoms. The van der Waals surface area contributed by atoms with Gasteiger partial charge in [0.2, 0.25) is 0 Å². The number of nitrogens with one attached hydrogen (secondary N) is 1. The fraction of sp³-hybridized carbons (Fsp3) is 0.167. The fourth-order valence-corrected chi connectivity index (χ4v) is 3.89. The summed E-state index contributed by atoms with van der Waals surface area (Å²) in [5.74, 6) is -0.290. The fourth-order valence-electron chi connectivity index (χ4n) is 1.79. The Bertz CT molecular complexity index is 553. The van der Waals surface area contributed by atoms with E-state index in [2.05, 4.69) is 21.2 Å². The summed E-state index contributed by atoms with van der Waals surface area (Å²) in [6, 6.07) is 6.29. The Kier molecular flexibility index (Phi) is 4.67. The molecule has 1 aromatic heterocycles. The molecule has 0 radical (unpaired) electrons. The summed E-state index contributed by atoms with van der Waals surface area (Å²) in [5, 5.41) is 3.06. The van der Waals surface area contributed by atoms with Crippen LogP contribution in [0, 0.1) is 5.82 Å². The van der Waals surface area contributed by atoms with Crippen molar-refractivity contribution in [3.63, 3.8) is 0 Å². The third kappa shape index (κ3) is 2.73. The van der Waals surface area contributed by atoms with E-state index in [1.54, 1.807) is 25.2 Å². The molecule has 1 aromatic carbocycles. The van der Waals surface area contributed by atoms with Crippen LogP contribution in [-0.4, -0.2) is 7.05 Å². The van der Waals surface area contributed by atoms with Gasteiger partial charge in [0, 0.05) is 15.6 Å². The van der Waals surface area contributed by atoms with Crippen LogP contribution in [0.3, 0.4) is 0 Å². The van der Waals surface area contributed by atoms with E-state index in [9.17, 15) is 4.39 Å². The highest BCUT2D eigenvalue weighted by Gasteiger charge is 2.23. The minimum absolute atomic E-state index is 0.290. The van der Waals surface area contributed by atoms with Crippen molar-refractivity contribution >= 4 is 50.5 Å². The van der Waals surface area contributed by atoms with Crippen molar-refractivity contribution in [2.45, 2.75) is 6.04 Å². The molecule has 1 atom stereocenters. The molecule has 1 N–H and O–H groups in total. The largest absolute Gasteiger partial charge is 0.309 e. The zero-order chi connectivity index (χ0) is 13.3. The summed E-state index contributed by atoms with van der Waals surface area (Å²) < 4.78 is 15.8. The van der Waals surface area contributed by atoms with Gasteiger partial charge in [-0.05, 0) is 25.2 Å². The molecule has 18 heavy (non-hydrogen) atoms. The lowest BCUT2D eigenvalue weighted by Gasteiger charge is -2.18. The van der Waals surface area contributed by atoms with Crippen LogP contribution in [0.25, 0.3) is 0 Å². The first-order valence-electron chi connectivity index (χ1n) is 5.10. The highest BCUT2D eigenvalue weighted by atomic mass is 79.9. The minimum Gasteiger partial charge on any atom is -0.309 e. The smallest absolute Gasteiger partial charge is 0.129 e. The SMILES string of the molecule is CNC(c1cc(Cl)sc1Cl)c1c(F)cccc1Br. The molecule has 96 valence electrons. The Balaban J connectivity index is 2.55. The van der Waals surface area contributed by atoms with E-state index in [0.717, 1.165) is 5.56 Å². The van der Waals surface area contributed by atoms with Crippen LogP contribution in [0.5, 0.6) is 0 Å². The summed E-state index contributed by atoms with van der Waals surface area (Å²) in [5.41, 5.74) is 1.30. The third-order valence-electron chi connectivity index (χ3n) is 2.57. The van der Waals surface area contributed by atoms with Gasteiger partial charge in [0.05, 0.1) is 14.7 Å². The van der Waals surface area contributed by atoms with Crippen LogP contribution in [0.2, 0.25) is 8.67 Å². The Hall–Kier alpha value is -0.130. The monoisotopic (exact) mass is 367 g/mol. The Morgan fingerprint density at radius 1 is 1.39 bits per heavy atom. The highest BCUT2D eigenvalue weighted by Crippen LogP contribution is 2.39. The second-order valence-electron chi connectivity index (χ2n) is 3.64. The lowest BCUT2D eigenvalue weighted by atomic mass is 10.0. The molecule has 0 aliphatic rings. The van der Waals surface area contributed by atoms with E-state index in [1.807, 2.05) is 0 Å². The predicted octanol–water partition coefficient (Wildman–Crippen LogP) is 5.27. The molecule has 0 saturated carbocycles. The molecule has 1 nitrogen and oxygen atoms in total. The second kappa shape index (κ2) is 5.88. The maximum Gasteiger partial charge on any atom is 0.129 e. The molecular formula is C12H9BrCl2FNS. The quantitative estimate of drug-likeness (QED) is 0.778. The Morgan fingerprint density at radius 3 is 2.61 bits per heavy atom. The number of rotatable bonds is 3. The Labute approximate surface area is 127 Å². The van der Waals surface area contributed by atoms with E-state index in [0.29, 0.717) is 18.7 Å². The molecule has 0 saturated heterocycles. The molecule has 1 heterocycles. The van der Waals surface area contributed by atoms with Crippen LogP contribution in [0.15, 0.2) is 28.7 Å². The number of benzene rings is 1. The van der Waals surface area contributed by atoms with Gasteiger partial charge in [0.1, 0.15) is 5.82 Å². The molecule has 2 rings (SSSR count). The number of hydrogen-bond acceptors (Lipinski definition) is 2. The Morgan fingerprint density at radius 2 is 2.11 bits per heavy atom. The van der Waals surface area contributed by atoms with Gasteiger partial charge in [-0.1, -0.05) is 45.2 Å². The van der Waals surface area contributed by atoms with Crippen molar-refractivity contribution in [3.05, 3.63) is 54.4 Å².